The Kier molecular flexibility index (Phi) is 5.22. The molecule has 1 aliphatic rings. The van der Waals surface area contributed by atoms with Gasteiger partial charge in [0.25, 0.3) is 0 Å². The molecule has 2 atom stereocenters. The summed E-state index contributed by atoms with van der Waals surface area (Å²) in [7, 11) is 0. The van der Waals surface area contributed by atoms with Gasteiger partial charge in [0.15, 0.2) is 5.65 Å². The molecule has 7 nitrogen and oxygen atoms in total. The number of aromatic hydroxyl groups is 1. The third-order valence-corrected chi connectivity index (χ3v) is 5.86. The molecule has 0 bridgehead atoms. The van der Waals surface area contributed by atoms with E-state index in [1.54, 1.807) is 23.8 Å². The average molecular weight is 433 g/mol. The molecule has 0 unspecified atom stereocenters. The Balaban J connectivity index is 1.53. The number of benzene rings is 1. The molecule has 3 aromatic heterocycles. The standard InChI is InChI=1S/C24H24FN5O2/c1-15(31)11-16-8-9-26-19(12-16)21-14-27-23-6-7-24(28-30(21)23)29-10-2-3-20(29)18-13-17(25)4-5-22(18)32/h4-9,12-15,20,31-32H,2-3,10-11H2,1H3/t15-,20+/m0/s1. The highest BCUT2D eigenvalue weighted by Gasteiger charge is 2.30. The molecule has 1 aromatic carbocycles. The number of aromatic nitrogens is 4. The van der Waals surface area contributed by atoms with Crippen LogP contribution in [-0.4, -0.2) is 42.4 Å². The van der Waals surface area contributed by atoms with Crippen LogP contribution < -0.4 is 4.90 Å². The van der Waals surface area contributed by atoms with Gasteiger partial charge in [0, 0.05) is 18.3 Å². The first-order valence-corrected chi connectivity index (χ1v) is 10.7. The molecule has 2 N–H and O–H groups in total. The number of aliphatic hydroxyl groups excluding tert-OH is 1. The molecule has 164 valence electrons. The summed E-state index contributed by atoms with van der Waals surface area (Å²) in [5.74, 6) is 0.447. The number of hydrogen-bond acceptors (Lipinski definition) is 6. The van der Waals surface area contributed by atoms with Crippen molar-refractivity contribution >= 4 is 11.5 Å². The van der Waals surface area contributed by atoms with Crippen LogP contribution >= 0.6 is 0 Å². The summed E-state index contributed by atoms with van der Waals surface area (Å²) in [4.78, 5) is 11.0. The van der Waals surface area contributed by atoms with Crippen LogP contribution in [0.1, 0.15) is 36.9 Å². The summed E-state index contributed by atoms with van der Waals surface area (Å²) in [5, 5.41) is 24.9. The average Bonchev–Trinajstić information content (AvgIpc) is 3.42. The highest BCUT2D eigenvalue weighted by atomic mass is 19.1. The molecule has 32 heavy (non-hydrogen) atoms. The van der Waals surface area contributed by atoms with Crippen molar-refractivity contribution in [1.29, 1.82) is 0 Å². The maximum Gasteiger partial charge on any atom is 0.154 e. The van der Waals surface area contributed by atoms with Gasteiger partial charge in [-0.05, 0) is 74.2 Å². The molecule has 0 spiro atoms. The quantitative estimate of drug-likeness (QED) is 0.496. The number of phenolic OH excluding ortho intramolecular Hbond substituents is 1. The lowest BCUT2D eigenvalue weighted by Gasteiger charge is -2.26. The van der Waals surface area contributed by atoms with Crippen molar-refractivity contribution in [3.8, 4) is 17.1 Å². The fourth-order valence-corrected chi connectivity index (χ4v) is 4.43. The fraction of sp³-hybridized carbons (Fsp3) is 0.292. The Morgan fingerprint density at radius 2 is 2.03 bits per heavy atom. The Morgan fingerprint density at radius 1 is 1.16 bits per heavy atom. The topological polar surface area (TPSA) is 86.8 Å². The van der Waals surface area contributed by atoms with Gasteiger partial charge in [-0.3, -0.25) is 4.98 Å². The van der Waals surface area contributed by atoms with Crippen LogP contribution in [0.3, 0.4) is 0 Å². The number of halogens is 1. The monoisotopic (exact) mass is 433 g/mol. The van der Waals surface area contributed by atoms with Gasteiger partial charge in [0.05, 0.1) is 24.0 Å². The molecule has 1 aliphatic heterocycles. The van der Waals surface area contributed by atoms with Gasteiger partial charge in [0.1, 0.15) is 23.1 Å². The van der Waals surface area contributed by atoms with Crippen LogP contribution in [0, 0.1) is 5.82 Å². The lowest BCUT2D eigenvalue weighted by molar-refractivity contribution is 0.195. The van der Waals surface area contributed by atoms with Crippen LogP contribution in [0.15, 0.2) is 54.9 Å². The molecular weight excluding hydrogens is 409 g/mol. The van der Waals surface area contributed by atoms with Gasteiger partial charge in [-0.25, -0.2) is 13.9 Å². The van der Waals surface area contributed by atoms with Crippen LogP contribution in [0.25, 0.3) is 17.0 Å². The lowest BCUT2D eigenvalue weighted by atomic mass is 10.0. The number of imidazole rings is 1. The predicted molar refractivity (Wildman–Crippen MR) is 119 cm³/mol. The number of fused-ring (bicyclic) bond motifs is 1. The number of aliphatic hydroxyl groups is 1. The minimum Gasteiger partial charge on any atom is -0.508 e. The molecule has 4 aromatic rings. The number of phenols is 1. The zero-order valence-electron chi connectivity index (χ0n) is 17.7. The first-order valence-electron chi connectivity index (χ1n) is 10.7. The zero-order valence-corrected chi connectivity index (χ0v) is 17.7. The Morgan fingerprint density at radius 3 is 2.88 bits per heavy atom. The second kappa shape index (κ2) is 8.20. The molecule has 1 fully saturated rings. The number of pyridine rings is 1. The van der Waals surface area contributed by atoms with Gasteiger partial charge in [-0.15, -0.1) is 5.10 Å². The second-order valence-electron chi connectivity index (χ2n) is 8.26. The molecule has 1 saturated heterocycles. The zero-order chi connectivity index (χ0) is 22.2. The van der Waals surface area contributed by atoms with E-state index in [1.807, 2.05) is 24.3 Å². The first kappa shape index (κ1) is 20.4. The summed E-state index contributed by atoms with van der Waals surface area (Å²) in [5.41, 5.74) is 3.72. The summed E-state index contributed by atoms with van der Waals surface area (Å²) in [6.07, 6.45) is 5.28. The van der Waals surface area contributed by atoms with Gasteiger partial charge in [-0.2, -0.15) is 0 Å². The molecule has 5 rings (SSSR count). The maximum atomic E-state index is 13.9. The molecule has 0 amide bonds. The summed E-state index contributed by atoms with van der Waals surface area (Å²) in [6.45, 7) is 2.51. The summed E-state index contributed by atoms with van der Waals surface area (Å²) >= 11 is 0. The van der Waals surface area contributed by atoms with Crippen molar-refractivity contribution in [2.75, 3.05) is 11.4 Å². The van der Waals surface area contributed by atoms with Crippen molar-refractivity contribution in [1.82, 2.24) is 19.6 Å². The van der Waals surface area contributed by atoms with E-state index < -0.39 is 6.10 Å². The molecule has 0 saturated carbocycles. The van der Waals surface area contributed by atoms with Crippen molar-refractivity contribution in [2.24, 2.45) is 0 Å². The van der Waals surface area contributed by atoms with Crippen LogP contribution in [0.4, 0.5) is 10.2 Å². The highest BCUT2D eigenvalue weighted by molar-refractivity contribution is 5.61. The van der Waals surface area contributed by atoms with Crippen LogP contribution in [0.2, 0.25) is 0 Å². The van der Waals surface area contributed by atoms with E-state index in [9.17, 15) is 14.6 Å². The normalized spacial score (nSPS) is 17.2. The van der Waals surface area contributed by atoms with Gasteiger partial charge in [-0.1, -0.05) is 0 Å². The smallest absolute Gasteiger partial charge is 0.154 e. The minimum atomic E-state index is -0.441. The number of nitrogens with zero attached hydrogens (tertiary/aromatic N) is 5. The maximum absolute atomic E-state index is 13.9. The van der Waals surface area contributed by atoms with Gasteiger partial charge >= 0.3 is 0 Å². The summed E-state index contributed by atoms with van der Waals surface area (Å²) in [6, 6.07) is 11.5. The van der Waals surface area contributed by atoms with E-state index in [0.29, 0.717) is 17.6 Å². The van der Waals surface area contributed by atoms with E-state index >= 15 is 0 Å². The van der Waals surface area contributed by atoms with Crippen molar-refractivity contribution in [3.05, 3.63) is 71.8 Å². The molecule has 0 radical (unpaired) electrons. The number of hydrogen-bond donors (Lipinski definition) is 2. The lowest BCUT2D eigenvalue weighted by Crippen LogP contribution is -2.24. The van der Waals surface area contributed by atoms with E-state index in [4.69, 9.17) is 5.10 Å². The molecule has 4 heterocycles. The fourth-order valence-electron chi connectivity index (χ4n) is 4.43. The highest BCUT2D eigenvalue weighted by Crippen LogP contribution is 2.39. The molecular formula is C24H24FN5O2. The minimum absolute atomic E-state index is 0.0897. The van der Waals surface area contributed by atoms with Gasteiger partial charge < -0.3 is 15.1 Å². The molecule has 0 aliphatic carbocycles. The summed E-state index contributed by atoms with van der Waals surface area (Å²) < 4.78 is 15.6. The Bertz CT molecular complexity index is 1270. The van der Waals surface area contributed by atoms with Crippen LogP contribution in [-0.2, 0) is 6.42 Å². The van der Waals surface area contributed by atoms with E-state index in [0.717, 1.165) is 42.2 Å². The largest absolute Gasteiger partial charge is 0.508 e. The SMILES string of the molecule is C[C@H](O)Cc1ccnc(-c2cnc3ccc(N4CCC[C@@H]4c4cc(F)ccc4O)nn23)c1. The second-order valence-corrected chi connectivity index (χ2v) is 8.26. The van der Waals surface area contributed by atoms with Crippen molar-refractivity contribution < 1.29 is 14.6 Å². The van der Waals surface area contributed by atoms with Gasteiger partial charge in [0.2, 0.25) is 0 Å². The van der Waals surface area contributed by atoms with E-state index in [-0.39, 0.29) is 17.6 Å². The first-order chi connectivity index (χ1) is 15.5. The Hall–Kier alpha value is -3.52. The number of anilines is 1. The third kappa shape index (κ3) is 3.78. The Labute approximate surface area is 184 Å². The number of rotatable bonds is 5. The van der Waals surface area contributed by atoms with E-state index in [2.05, 4.69) is 14.9 Å². The third-order valence-electron chi connectivity index (χ3n) is 5.86. The van der Waals surface area contributed by atoms with Crippen molar-refractivity contribution in [3.63, 3.8) is 0 Å². The predicted octanol–water partition coefficient (Wildman–Crippen LogP) is 3.90. The molecule has 8 heteroatoms. The van der Waals surface area contributed by atoms with Crippen LogP contribution in [0.5, 0.6) is 5.75 Å². The van der Waals surface area contributed by atoms with E-state index in [1.165, 1.54) is 18.2 Å². The van der Waals surface area contributed by atoms with Crippen molar-refractivity contribution in [2.45, 2.75) is 38.3 Å².